The second-order valence-corrected chi connectivity index (χ2v) is 11.8. The first-order valence-corrected chi connectivity index (χ1v) is 14.2. The van der Waals surface area contributed by atoms with Gasteiger partial charge in [0.15, 0.2) is 0 Å². The van der Waals surface area contributed by atoms with Crippen LogP contribution in [-0.2, 0) is 14.8 Å². The summed E-state index contributed by atoms with van der Waals surface area (Å²) in [7, 11) is -3.59. The number of hydrogen-bond acceptors (Lipinski definition) is 5. The Balaban J connectivity index is 1.57. The van der Waals surface area contributed by atoms with Gasteiger partial charge in [-0.2, -0.15) is 4.31 Å². The smallest absolute Gasteiger partial charge is 0.243 e. The van der Waals surface area contributed by atoms with Crippen LogP contribution in [-0.4, -0.2) is 69.3 Å². The molecule has 3 atom stereocenters. The number of rotatable bonds is 9. The average molecular weight is 477 g/mol. The first kappa shape index (κ1) is 24.5. The maximum atomic E-state index is 13.2. The predicted octanol–water partition coefficient (Wildman–Crippen LogP) is 3.62. The highest BCUT2D eigenvalue weighted by Gasteiger charge is 2.40. The number of hydrogen-bond donors (Lipinski definition) is 1. The molecule has 4 rings (SSSR count). The van der Waals surface area contributed by atoms with E-state index in [1.54, 1.807) is 12.1 Å². The van der Waals surface area contributed by atoms with Crippen molar-refractivity contribution in [2.45, 2.75) is 57.8 Å². The molecule has 3 aliphatic rings. The summed E-state index contributed by atoms with van der Waals surface area (Å²) >= 11 is 0. The standard InChI is InChI=1S/C25H40N4O3S/c1-4-27-11-13-28(14-12-27)24-10-9-22(33(31,32)29(5-2)6-3)18-23(24)26-25(30)17-21-16-19-7-8-20(21)15-19/h9-10,18-21H,4-8,11-17H2,1-3H3,(H,26,30)/t19-,20-,21-/m1/s1. The molecule has 1 N–H and O–H groups in total. The SMILES string of the molecule is CCN1CCN(c2ccc(S(=O)(=O)N(CC)CC)cc2NC(=O)C[C@H]2C[C@@H]3CC[C@@H]2C3)CC1. The van der Waals surface area contributed by atoms with Crippen molar-refractivity contribution < 1.29 is 13.2 Å². The molecular formula is C25H40N4O3S. The summed E-state index contributed by atoms with van der Waals surface area (Å²) in [5.74, 6) is 1.98. The molecule has 1 saturated heterocycles. The Morgan fingerprint density at radius 2 is 1.79 bits per heavy atom. The number of nitrogens with one attached hydrogen (secondary N) is 1. The van der Waals surface area contributed by atoms with Gasteiger partial charge in [0.2, 0.25) is 15.9 Å². The van der Waals surface area contributed by atoms with Gasteiger partial charge in [0.05, 0.1) is 16.3 Å². The molecule has 7 nitrogen and oxygen atoms in total. The molecule has 0 aromatic heterocycles. The fraction of sp³-hybridized carbons (Fsp3) is 0.720. The zero-order valence-electron chi connectivity index (χ0n) is 20.4. The summed E-state index contributed by atoms with van der Waals surface area (Å²) in [4.78, 5) is 18.0. The van der Waals surface area contributed by atoms with E-state index in [9.17, 15) is 13.2 Å². The second kappa shape index (κ2) is 10.3. The molecule has 0 spiro atoms. The van der Waals surface area contributed by atoms with Crippen molar-refractivity contribution >= 4 is 27.3 Å². The third-order valence-electron chi connectivity index (χ3n) is 8.08. The number of piperazine rings is 1. The van der Waals surface area contributed by atoms with E-state index < -0.39 is 10.0 Å². The number of benzene rings is 1. The maximum Gasteiger partial charge on any atom is 0.243 e. The van der Waals surface area contributed by atoms with E-state index in [0.29, 0.717) is 37.0 Å². The fourth-order valence-corrected chi connectivity index (χ4v) is 7.62. The minimum Gasteiger partial charge on any atom is -0.367 e. The van der Waals surface area contributed by atoms with Gasteiger partial charge in [0.25, 0.3) is 0 Å². The molecule has 2 aliphatic carbocycles. The number of carbonyl (C=O) groups excluding carboxylic acids is 1. The van der Waals surface area contributed by atoms with E-state index in [-0.39, 0.29) is 10.8 Å². The number of sulfonamides is 1. The van der Waals surface area contributed by atoms with Gasteiger partial charge in [-0.05, 0) is 61.8 Å². The summed E-state index contributed by atoms with van der Waals surface area (Å²) in [5, 5.41) is 3.13. The monoisotopic (exact) mass is 476 g/mol. The van der Waals surface area contributed by atoms with Crippen LogP contribution in [0.1, 0.15) is 52.9 Å². The molecule has 1 heterocycles. The van der Waals surface area contributed by atoms with Crippen molar-refractivity contribution in [2.75, 3.05) is 56.0 Å². The Hall–Kier alpha value is -1.64. The molecule has 0 radical (unpaired) electrons. The van der Waals surface area contributed by atoms with E-state index >= 15 is 0 Å². The van der Waals surface area contributed by atoms with Gasteiger partial charge in [0, 0.05) is 45.7 Å². The zero-order valence-corrected chi connectivity index (χ0v) is 21.2. The third-order valence-corrected chi connectivity index (χ3v) is 10.1. The first-order chi connectivity index (χ1) is 15.8. The number of carbonyl (C=O) groups is 1. The van der Waals surface area contributed by atoms with Crippen LogP contribution in [0.15, 0.2) is 23.1 Å². The number of nitrogens with zero attached hydrogens (tertiary/aromatic N) is 3. The molecule has 2 saturated carbocycles. The lowest BCUT2D eigenvalue weighted by atomic mass is 9.86. The molecule has 1 amide bonds. The second-order valence-electron chi connectivity index (χ2n) is 9.88. The van der Waals surface area contributed by atoms with Crippen molar-refractivity contribution in [3.63, 3.8) is 0 Å². The van der Waals surface area contributed by atoms with Gasteiger partial charge in [-0.25, -0.2) is 8.42 Å². The van der Waals surface area contributed by atoms with Gasteiger partial charge in [-0.1, -0.05) is 27.2 Å². The molecule has 3 fully saturated rings. The summed E-state index contributed by atoms with van der Waals surface area (Å²) in [6.45, 7) is 11.4. The fourth-order valence-electron chi connectivity index (χ4n) is 6.13. The maximum absolute atomic E-state index is 13.2. The first-order valence-electron chi connectivity index (χ1n) is 12.8. The molecule has 1 aromatic carbocycles. The largest absolute Gasteiger partial charge is 0.367 e. The van der Waals surface area contributed by atoms with E-state index in [0.717, 1.165) is 44.3 Å². The molecule has 8 heteroatoms. The number of amides is 1. The minimum atomic E-state index is -3.59. The predicted molar refractivity (Wildman–Crippen MR) is 133 cm³/mol. The summed E-state index contributed by atoms with van der Waals surface area (Å²) < 4.78 is 27.8. The van der Waals surface area contributed by atoms with E-state index in [1.165, 1.54) is 30.0 Å². The van der Waals surface area contributed by atoms with Gasteiger partial charge in [0.1, 0.15) is 0 Å². The lowest BCUT2D eigenvalue weighted by molar-refractivity contribution is -0.117. The molecule has 2 bridgehead atoms. The lowest BCUT2D eigenvalue weighted by Crippen LogP contribution is -2.46. The molecule has 184 valence electrons. The van der Waals surface area contributed by atoms with Gasteiger partial charge in [-0.15, -0.1) is 0 Å². The van der Waals surface area contributed by atoms with Crippen LogP contribution in [0.4, 0.5) is 11.4 Å². The molecular weight excluding hydrogens is 436 g/mol. The highest BCUT2D eigenvalue weighted by atomic mass is 32.2. The normalized spacial score (nSPS) is 25.7. The van der Waals surface area contributed by atoms with Crippen molar-refractivity contribution in [1.82, 2.24) is 9.21 Å². The van der Waals surface area contributed by atoms with E-state index in [2.05, 4.69) is 22.0 Å². The van der Waals surface area contributed by atoms with Crippen LogP contribution in [0.2, 0.25) is 0 Å². The molecule has 0 unspecified atom stereocenters. The Morgan fingerprint density at radius 1 is 1.06 bits per heavy atom. The Kier molecular flexibility index (Phi) is 7.66. The van der Waals surface area contributed by atoms with Gasteiger partial charge < -0.3 is 15.1 Å². The van der Waals surface area contributed by atoms with Gasteiger partial charge in [-0.3, -0.25) is 4.79 Å². The number of likely N-dealkylation sites (N-methyl/N-ethyl adjacent to an activating group) is 1. The molecule has 1 aromatic rings. The summed E-state index contributed by atoms with van der Waals surface area (Å²) in [5.41, 5.74) is 1.55. The Morgan fingerprint density at radius 3 is 2.36 bits per heavy atom. The highest BCUT2D eigenvalue weighted by Crippen LogP contribution is 2.49. The van der Waals surface area contributed by atoms with Gasteiger partial charge >= 0.3 is 0 Å². The summed E-state index contributed by atoms with van der Waals surface area (Å²) in [6, 6.07) is 5.25. The van der Waals surface area contributed by atoms with E-state index in [4.69, 9.17) is 0 Å². The Labute approximate surface area is 199 Å². The summed E-state index contributed by atoms with van der Waals surface area (Å²) in [6.07, 6.45) is 5.56. The highest BCUT2D eigenvalue weighted by molar-refractivity contribution is 7.89. The van der Waals surface area contributed by atoms with Crippen LogP contribution < -0.4 is 10.2 Å². The van der Waals surface area contributed by atoms with Crippen LogP contribution >= 0.6 is 0 Å². The molecule has 33 heavy (non-hydrogen) atoms. The van der Waals surface area contributed by atoms with Crippen LogP contribution in [0.25, 0.3) is 0 Å². The van der Waals surface area contributed by atoms with Crippen molar-refractivity contribution in [3.05, 3.63) is 18.2 Å². The third kappa shape index (κ3) is 5.23. The number of fused-ring (bicyclic) bond motifs is 2. The minimum absolute atomic E-state index is 0.0124. The lowest BCUT2D eigenvalue weighted by Gasteiger charge is -2.36. The van der Waals surface area contributed by atoms with Crippen molar-refractivity contribution in [1.29, 1.82) is 0 Å². The Bertz CT molecular complexity index is 939. The average Bonchev–Trinajstić information content (AvgIpc) is 3.43. The van der Waals surface area contributed by atoms with Crippen LogP contribution in [0.5, 0.6) is 0 Å². The number of anilines is 2. The van der Waals surface area contributed by atoms with E-state index in [1.807, 2.05) is 19.9 Å². The zero-order chi connectivity index (χ0) is 23.6. The topological polar surface area (TPSA) is 73.0 Å². The van der Waals surface area contributed by atoms with Crippen LogP contribution in [0.3, 0.4) is 0 Å². The van der Waals surface area contributed by atoms with Crippen molar-refractivity contribution in [3.8, 4) is 0 Å². The quantitative estimate of drug-likeness (QED) is 0.589. The van der Waals surface area contributed by atoms with Crippen molar-refractivity contribution in [2.24, 2.45) is 17.8 Å². The van der Waals surface area contributed by atoms with Crippen LogP contribution in [0, 0.1) is 17.8 Å². The molecule has 1 aliphatic heterocycles.